The van der Waals surface area contributed by atoms with Crippen LogP contribution in [0.1, 0.15) is 49.9 Å². The van der Waals surface area contributed by atoms with Crippen LogP contribution in [0.3, 0.4) is 0 Å². The van der Waals surface area contributed by atoms with E-state index in [1.165, 1.54) is 24.9 Å². The third-order valence-corrected chi connectivity index (χ3v) is 6.74. The van der Waals surface area contributed by atoms with Crippen LogP contribution in [0.25, 0.3) is 0 Å². The third-order valence-electron chi connectivity index (χ3n) is 5.85. The van der Waals surface area contributed by atoms with E-state index in [2.05, 4.69) is 10.3 Å². The molecule has 0 unspecified atom stereocenters. The molecule has 2 aromatic rings. The summed E-state index contributed by atoms with van der Waals surface area (Å²) in [7, 11) is 1.30. The molecule has 34 heavy (non-hydrogen) atoms. The van der Waals surface area contributed by atoms with Gasteiger partial charge in [0, 0.05) is 11.3 Å². The predicted molar refractivity (Wildman–Crippen MR) is 131 cm³/mol. The quantitative estimate of drug-likeness (QED) is 0.551. The molecule has 2 atom stereocenters. The number of benzene rings is 2. The van der Waals surface area contributed by atoms with Crippen LogP contribution in [-0.4, -0.2) is 29.1 Å². The SMILES string of the molecule is CCC1=C(C(=O)OC)[C@@H](c2ccccc2F)N2C(CC(=O)N[C@H](C)c3ccccc3)=CSC2=N1. The number of allylic oxidation sites excluding steroid dienone is 1. The van der Waals surface area contributed by atoms with E-state index in [1.54, 1.807) is 23.1 Å². The molecule has 2 heterocycles. The maximum Gasteiger partial charge on any atom is 0.338 e. The molecule has 1 N–H and O–H groups in total. The number of carbonyl (C=O) groups excluding carboxylic acids is 2. The monoisotopic (exact) mass is 479 g/mol. The lowest BCUT2D eigenvalue weighted by Crippen LogP contribution is -2.38. The number of thioether (sulfide) groups is 1. The molecular weight excluding hydrogens is 453 g/mol. The van der Waals surface area contributed by atoms with Gasteiger partial charge in [-0.15, -0.1) is 0 Å². The van der Waals surface area contributed by atoms with E-state index in [0.29, 0.717) is 28.5 Å². The first-order chi connectivity index (χ1) is 16.4. The molecule has 0 spiro atoms. The van der Waals surface area contributed by atoms with E-state index in [4.69, 9.17) is 4.74 Å². The standard InChI is InChI=1S/C26H26FN3O3S/c1-4-21-23(25(32)33-3)24(19-12-8-9-13-20(19)27)30-18(15-34-26(30)29-21)14-22(31)28-16(2)17-10-6-5-7-11-17/h5-13,15-16,24H,4,14H2,1-3H3,(H,28,31)/t16-,24-/m1/s1. The van der Waals surface area contributed by atoms with Gasteiger partial charge in [0.05, 0.1) is 36.9 Å². The maximum absolute atomic E-state index is 15.0. The molecule has 2 aliphatic rings. The number of carbonyl (C=O) groups is 2. The highest BCUT2D eigenvalue weighted by Gasteiger charge is 2.42. The maximum atomic E-state index is 15.0. The number of amidine groups is 1. The van der Waals surface area contributed by atoms with E-state index >= 15 is 4.39 Å². The van der Waals surface area contributed by atoms with Gasteiger partial charge in [-0.1, -0.05) is 67.2 Å². The first-order valence-electron chi connectivity index (χ1n) is 11.1. The molecule has 0 saturated carbocycles. The number of halogens is 1. The van der Waals surface area contributed by atoms with Crippen molar-refractivity contribution >= 4 is 28.8 Å². The number of nitrogens with zero attached hydrogens (tertiary/aromatic N) is 2. The van der Waals surface area contributed by atoms with Gasteiger partial charge in [-0.3, -0.25) is 4.79 Å². The van der Waals surface area contributed by atoms with Gasteiger partial charge in [0.25, 0.3) is 0 Å². The van der Waals surface area contributed by atoms with Gasteiger partial charge >= 0.3 is 5.97 Å². The van der Waals surface area contributed by atoms with Crippen LogP contribution in [0.5, 0.6) is 0 Å². The van der Waals surface area contributed by atoms with Crippen LogP contribution in [0.15, 0.2) is 82.0 Å². The smallest absolute Gasteiger partial charge is 0.338 e. The van der Waals surface area contributed by atoms with E-state index in [0.717, 1.165) is 5.56 Å². The zero-order chi connectivity index (χ0) is 24.2. The van der Waals surface area contributed by atoms with Gasteiger partial charge in [-0.25, -0.2) is 14.2 Å². The summed E-state index contributed by atoms with van der Waals surface area (Å²) in [4.78, 5) is 32.2. The van der Waals surface area contributed by atoms with Crippen molar-refractivity contribution in [3.05, 3.63) is 93.9 Å². The lowest BCUT2D eigenvalue weighted by Gasteiger charge is -2.36. The first kappa shape index (κ1) is 23.8. The Balaban J connectivity index is 1.66. The molecule has 0 fully saturated rings. The normalized spacial score (nSPS) is 18.1. The van der Waals surface area contributed by atoms with Crippen LogP contribution in [-0.2, 0) is 14.3 Å². The lowest BCUT2D eigenvalue weighted by molar-refractivity contribution is -0.136. The molecule has 0 bridgehead atoms. The number of fused-ring (bicyclic) bond motifs is 1. The summed E-state index contributed by atoms with van der Waals surface area (Å²) in [5.74, 6) is -1.18. The molecule has 2 aromatic carbocycles. The Bertz CT molecular complexity index is 1190. The van der Waals surface area contributed by atoms with Crippen molar-refractivity contribution in [3.63, 3.8) is 0 Å². The van der Waals surface area contributed by atoms with Crippen molar-refractivity contribution in [1.29, 1.82) is 0 Å². The van der Waals surface area contributed by atoms with Gasteiger partial charge < -0.3 is 15.0 Å². The Hall–Kier alpha value is -3.39. The molecule has 0 radical (unpaired) electrons. The van der Waals surface area contributed by atoms with Crippen LogP contribution in [0, 0.1) is 5.82 Å². The van der Waals surface area contributed by atoms with Gasteiger partial charge in [0.2, 0.25) is 5.91 Å². The fourth-order valence-corrected chi connectivity index (χ4v) is 5.12. The zero-order valence-electron chi connectivity index (χ0n) is 19.2. The van der Waals surface area contributed by atoms with Crippen molar-refractivity contribution in [3.8, 4) is 0 Å². The van der Waals surface area contributed by atoms with E-state index < -0.39 is 17.8 Å². The molecular formula is C26H26FN3O3S. The Morgan fingerprint density at radius 2 is 1.88 bits per heavy atom. The van der Waals surface area contributed by atoms with Crippen molar-refractivity contribution < 1.29 is 18.7 Å². The molecule has 2 aliphatic heterocycles. The number of esters is 1. The van der Waals surface area contributed by atoms with Crippen LogP contribution in [0.4, 0.5) is 4.39 Å². The topological polar surface area (TPSA) is 71.0 Å². The first-order valence-corrected chi connectivity index (χ1v) is 12.0. The zero-order valence-corrected chi connectivity index (χ0v) is 20.1. The molecule has 4 rings (SSSR count). The summed E-state index contributed by atoms with van der Waals surface area (Å²) >= 11 is 1.36. The second-order valence-electron chi connectivity index (χ2n) is 8.00. The summed E-state index contributed by atoms with van der Waals surface area (Å²) in [6.45, 7) is 3.81. The van der Waals surface area contributed by atoms with Crippen molar-refractivity contribution in [2.75, 3.05) is 7.11 Å². The number of hydrogen-bond donors (Lipinski definition) is 1. The van der Waals surface area contributed by atoms with E-state index in [1.807, 2.05) is 49.6 Å². The predicted octanol–water partition coefficient (Wildman–Crippen LogP) is 5.23. The van der Waals surface area contributed by atoms with Crippen molar-refractivity contribution in [2.45, 2.75) is 38.8 Å². The number of aliphatic imine (C=N–C) groups is 1. The average molecular weight is 480 g/mol. The van der Waals surface area contributed by atoms with Crippen molar-refractivity contribution in [2.24, 2.45) is 4.99 Å². The fraction of sp³-hybridized carbons (Fsp3) is 0.269. The third kappa shape index (κ3) is 4.63. The Labute approximate surface area is 202 Å². The number of ether oxygens (including phenoxy) is 1. The van der Waals surface area contributed by atoms with E-state index in [-0.39, 0.29) is 23.9 Å². The Kier molecular flexibility index (Phi) is 7.17. The molecule has 0 saturated heterocycles. The van der Waals surface area contributed by atoms with Gasteiger partial charge in [-0.2, -0.15) is 0 Å². The summed E-state index contributed by atoms with van der Waals surface area (Å²) < 4.78 is 20.1. The number of hydrogen-bond acceptors (Lipinski definition) is 6. The molecule has 0 aromatic heterocycles. The van der Waals surface area contributed by atoms with Gasteiger partial charge in [0.1, 0.15) is 5.82 Å². The number of amides is 1. The Morgan fingerprint density at radius 1 is 1.18 bits per heavy atom. The van der Waals surface area contributed by atoms with E-state index in [9.17, 15) is 9.59 Å². The van der Waals surface area contributed by atoms with Crippen LogP contribution in [0.2, 0.25) is 0 Å². The minimum Gasteiger partial charge on any atom is -0.466 e. The number of nitrogens with one attached hydrogen (secondary N) is 1. The molecule has 8 heteroatoms. The lowest BCUT2D eigenvalue weighted by atomic mass is 9.92. The van der Waals surface area contributed by atoms with Crippen LogP contribution < -0.4 is 5.32 Å². The summed E-state index contributed by atoms with van der Waals surface area (Å²) in [6, 6.07) is 15.1. The second-order valence-corrected chi connectivity index (χ2v) is 8.83. The van der Waals surface area contributed by atoms with Crippen molar-refractivity contribution in [1.82, 2.24) is 10.2 Å². The minimum atomic E-state index is -0.781. The summed E-state index contributed by atoms with van der Waals surface area (Å²) in [5, 5.41) is 5.46. The highest BCUT2D eigenvalue weighted by Crippen LogP contribution is 2.45. The fourth-order valence-electron chi connectivity index (χ4n) is 4.19. The second kappa shape index (κ2) is 10.3. The molecule has 0 aliphatic carbocycles. The Morgan fingerprint density at radius 3 is 2.56 bits per heavy atom. The summed E-state index contributed by atoms with van der Waals surface area (Å²) in [5.41, 5.74) is 2.80. The highest BCUT2D eigenvalue weighted by molar-refractivity contribution is 8.16. The minimum absolute atomic E-state index is 0.0596. The average Bonchev–Trinajstić information content (AvgIpc) is 3.25. The summed E-state index contributed by atoms with van der Waals surface area (Å²) in [6.07, 6.45) is 0.543. The largest absolute Gasteiger partial charge is 0.466 e. The number of rotatable bonds is 7. The van der Waals surface area contributed by atoms with Crippen LogP contribution >= 0.6 is 11.8 Å². The van der Waals surface area contributed by atoms with Gasteiger partial charge in [-0.05, 0) is 30.4 Å². The highest BCUT2D eigenvalue weighted by atomic mass is 32.2. The number of methoxy groups -OCH3 is 1. The molecule has 1 amide bonds. The van der Waals surface area contributed by atoms with Gasteiger partial charge in [0.15, 0.2) is 5.17 Å². The molecule has 6 nitrogen and oxygen atoms in total. The molecule has 176 valence electrons.